The minimum atomic E-state index is -0.0335. The second kappa shape index (κ2) is 2.73. The normalized spacial score (nSPS) is 10.6. The van der Waals surface area contributed by atoms with Crippen molar-refractivity contribution in [3.8, 4) is 0 Å². The lowest BCUT2D eigenvalue weighted by Crippen LogP contribution is -1.85. The van der Waals surface area contributed by atoms with Gasteiger partial charge in [-0.15, -0.1) is 0 Å². The molecule has 0 atom stereocenters. The third kappa shape index (κ3) is 1.35. The van der Waals surface area contributed by atoms with Crippen molar-refractivity contribution in [1.82, 2.24) is 0 Å². The number of benzene rings is 1. The SMILES string of the molecule is CC(=O)c1cc2cc(C)ccc2o1. The van der Waals surface area contributed by atoms with Crippen molar-refractivity contribution in [1.29, 1.82) is 0 Å². The van der Waals surface area contributed by atoms with Gasteiger partial charge in [0.25, 0.3) is 0 Å². The number of ketones is 1. The Balaban J connectivity index is 2.68. The molecule has 2 nitrogen and oxygen atoms in total. The molecule has 0 saturated carbocycles. The Bertz CT molecular complexity index is 466. The van der Waals surface area contributed by atoms with E-state index in [2.05, 4.69) is 0 Å². The van der Waals surface area contributed by atoms with Gasteiger partial charge in [-0.1, -0.05) is 11.6 Å². The van der Waals surface area contributed by atoms with Crippen molar-refractivity contribution in [2.75, 3.05) is 0 Å². The van der Waals surface area contributed by atoms with E-state index in [1.165, 1.54) is 12.5 Å². The van der Waals surface area contributed by atoms with Crippen LogP contribution in [0.3, 0.4) is 0 Å². The topological polar surface area (TPSA) is 30.2 Å². The van der Waals surface area contributed by atoms with Crippen LogP contribution in [0.4, 0.5) is 0 Å². The molecule has 13 heavy (non-hydrogen) atoms. The highest BCUT2D eigenvalue weighted by atomic mass is 16.3. The number of carbonyl (C=O) groups is 1. The summed E-state index contributed by atoms with van der Waals surface area (Å²) >= 11 is 0. The van der Waals surface area contributed by atoms with E-state index in [4.69, 9.17) is 4.42 Å². The van der Waals surface area contributed by atoms with E-state index in [9.17, 15) is 4.79 Å². The standard InChI is InChI=1S/C11H10O2/c1-7-3-4-10-9(5-7)6-11(13-10)8(2)12/h3-6H,1-2H3. The summed E-state index contributed by atoms with van der Waals surface area (Å²) in [6.45, 7) is 3.52. The van der Waals surface area contributed by atoms with Gasteiger partial charge in [0.05, 0.1) is 0 Å². The van der Waals surface area contributed by atoms with Crippen molar-refractivity contribution in [3.05, 3.63) is 35.6 Å². The Morgan fingerprint density at radius 3 is 2.77 bits per heavy atom. The maximum absolute atomic E-state index is 11.0. The summed E-state index contributed by atoms with van der Waals surface area (Å²) in [5.41, 5.74) is 1.94. The van der Waals surface area contributed by atoms with Gasteiger partial charge in [0.15, 0.2) is 11.5 Å². The maximum atomic E-state index is 11.0. The molecule has 1 heterocycles. The zero-order valence-corrected chi connectivity index (χ0v) is 7.63. The Morgan fingerprint density at radius 2 is 2.08 bits per heavy atom. The van der Waals surface area contributed by atoms with Gasteiger partial charge in [0, 0.05) is 12.3 Å². The number of fused-ring (bicyclic) bond motifs is 1. The van der Waals surface area contributed by atoms with E-state index in [0.29, 0.717) is 5.76 Å². The van der Waals surface area contributed by atoms with Crippen LogP contribution in [0.5, 0.6) is 0 Å². The highest BCUT2D eigenvalue weighted by Crippen LogP contribution is 2.20. The summed E-state index contributed by atoms with van der Waals surface area (Å²) < 4.78 is 5.33. The Labute approximate surface area is 76.2 Å². The van der Waals surface area contributed by atoms with Crippen LogP contribution in [0.2, 0.25) is 0 Å². The molecule has 0 aliphatic carbocycles. The molecule has 2 aromatic rings. The molecule has 0 bridgehead atoms. The first-order valence-corrected chi connectivity index (χ1v) is 4.18. The van der Waals surface area contributed by atoms with Gasteiger partial charge in [-0.05, 0) is 25.1 Å². The summed E-state index contributed by atoms with van der Waals surface area (Å²) in [6.07, 6.45) is 0. The number of carbonyl (C=O) groups excluding carboxylic acids is 1. The summed E-state index contributed by atoms with van der Waals surface area (Å²) in [5.74, 6) is 0.398. The van der Waals surface area contributed by atoms with Crippen LogP contribution in [0.25, 0.3) is 11.0 Å². The Hall–Kier alpha value is -1.57. The molecular weight excluding hydrogens is 164 g/mol. The first-order chi connectivity index (χ1) is 6.16. The van der Waals surface area contributed by atoms with Crippen molar-refractivity contribution >= 4 is 16.8 Å². The van der Waals surface area contributed by atoms with E-state index in [-0.39, 0.29) is 5.78 Å². The quantitative estimate of drug-likeness (QED) is 0.622. The molecule has 66 valence electrons. The lowest BCUT2D eigenvalue weighted by atomic mass is 10.2. The van der Waals surface area contributed by atoms with Gasteiger partial charge >= 0.3 is 0 Å². The zero-order valence-electron chi connectivity index (χ0n) is 7.63. The number of hydrogen-bond donors (Lipinski definition) is 0. The molecule has 0 unspecified atom stereocenters. The molecule has 0 N–H and O–H groups in total. The van der Waals surface area contributed by atoms with Crippen LogP contribution in [0.1, 0.15) is 23.0 Å². The van der Waals surface area contributed by atoms with Crippen molar-refractivity contribution in [3.63, 3.8) is 0 Å². The van der Waals surface area contributed by atoms with E-state index in [1.54, 1.807) is 6.07 Å². The maximum Gasteiger partial charge on any atom is 0.194 e. The minimum absolute atomic E-state index is 0.0335. The highest BCUT2D eigenvalue weighted by molar-refractivity contribution is 5.96. The lowest BCUT2D eigenvalue weighted by molar-refractivity contribution is 0.0989. The van der Waals surface area contributed by atoms with Gasteiger partial charge in [0.1, 0.15) is 5.58 Å². The molecule has 1 aromatic carbocycles. The van der Waals surface area contributed by atoms with Crippen LogP contribution in [0, 0.1) is 6.92 Å². The van der Waals surface area contributed by atoms with Gasteiger partial charge in [-0.3, -0.25) is 4.79 Å². The largest absolute Gasteiger partial charge is 0.453 e. The average Bonchev–Trinajstić information content (AvgIpc) is 2.46. The number of hydrogen-bond acceptors (Lipinski definition) is 2. The molecule has 0 amide bonds. The fourth-order valence-corrected chi connectivity index (χ4v) is 1.34. The summed E-state index contributed by atoms with van der Waals surface area (Å²) in [5, 5.41) is 0.991. The number of furan rings is 1. The minimum Gasteiger partial charge on any atom is -0.453 e. The van der Waals surface area contributed by atoms with Crippen molar-refractivity contribution < 1.29 is 9.21 Å². The van der Waals surface area contributed by atoms with Crippen LogP contribution >= 0.6 is 0 Å². The average molecular weight is 174 g/mol. The fraction of sp³-hybridized carbons (Fsp3) is 0.182. The van der Waals surface area contributed by atoms with Crippen LogP contribution in [-0.2, 0) is 0 Å². The predicted octanol–water partition coefficient (Wildman–Crippen LogP) is 2.94. The van der Waals surface area contributed by atoms with E-state index < -0.39 is 0 Å². The van der Waals surface area contributed by atoms with Crippen LogP contribution in [0.15, 0.2) is 28.7 Å². The predicted molar refractivity (Wildman–Crippen MR) is 51.0 cm³/mol. The van der Waals surface area contributed by atoms with Gasteiger partial charge in [-0.2, -0.15) is 0 Å². The van der Waals surface area contributed by atoms with E-state index in [1.807, 2.05) is 25.1 Å². The highest BCUT2D eigenvalue weighted by Gasteiger charge is 2.06. The molecule has 2 rings (SSSR count). The summed E-state index contributed by atoms with van der Waals surface area (Å²) in [7, 11) is 0. The molecule has 2 heteroatoms. The third-order valence-corrected chi connectivity index (χ3v) is 2.02. The van der Waals surface area contributed by atoms with E-state index >= 15 is 0 Å². The summed E-state index contributed by atoms with van der Waals surface area (Å²) in [6, 6.07) is 7.64. The van der Waals surface area contributed by atoms with E-state index in [0.717, 1.165) is 11.0 Å². The Morgan fingerprint density at radius 1 is 1.31 bits per heavy atom. The van der Waals surface area contributed by atoms with Crippen molar-refractivity contribution in [2.24, 2.45) is 0 Å². The van der Waals surface area contributed by atoms with Gasteiger partial charge in [0.2, 0.25) is 0 Å². The number of rotatable bonds is 1. The monoisotopic (exact) mass is 174 g/mol. The molecular formula is C11H10O2. The molecule has 0 radical (unpaired) electrons. The second-order valence-electron chi connectivity index (χ2n) is 3.21. The summed E-state index contributed by atoms with van der Waals surface area (Å²) in [4.78, 5) is 11.0. The van der Waals surface area contributed by atoms with Crippen LogP contribution in [-0.4, -0.2) is 5.78 Å². The van der Waals surface area contributed by atoms with Gasteiger partial charge in [-0.25, -0.2) is 0 Å². The fourth-order valence-electron chi connectivity index (χ4n) is 1.34. The van der Waals surface area contributed by atoms with Crippen LogP contribution < -0.4 is 0 Å². The molecule has 0 spiro atoms. The molecule has 0 aliphatic rings. The first kappa shape index (κ1) is 8.05. The third-order valence-electron chi connectivity index (χ3n) is 2.02. The molecule has 0 saturated heterocycles. The molecule has 0 aliphatic heterocycles. The van der Waals surface area contributed by atoms with Gasteiger partial charge < -0.3 is 4.42 Å². The Kier molecular flexibility index (Phi) is 1.69. The first-order valence-electron chi connectivity index (χ1n) is 4.18. The zero-order chi connectivity index (χ0) is 9.42. The second-order valence-corrected chi connectivity index (χ2v) is 3.21. The lowest BCUT2D eigenvalue weighted by Gasteiger charge is -1.89. The number of Topliss-reactive ketones (excluding diaryl/α,β-unsaturated/α-hetero) is 1. The molecule has 1 aromatic heterocycles. The van der Waals surface area contributed by atoms with Crippen molar-refractivity contribution in [2.45, 2.75) is 13.8 Å². The molecule has 0 fully saturated rings. The number of aryl methyl sites for hydroxylation is 1. The smallest absolute Gasteiger partial charge is 0.194 e.